The number of benzene rings is 1. The van der Waals surface area contributed by atoms with Crippen LogP contribution in [0.15, 0.2) is 40.3 Å². The van der Waals surface area contributed by atoms with Crippen LogP contribution in [0.3, 0.4) is 0 Å². The zero-order valence-corrected chi connectivity index (χ0v) is 13.3. The third-order valence-electron chi connectivity index (χ3n) is 3.39. The van der Waals surface area contributed by atoms with Gasteiger partial charge in [0, 0.05) is 4.88 Å². The minimum atomic E-state index is -0.380. The molecule has 0 aliphatic carbocycles. The maximum absolute atomic E-state index is 12.6. The van der Waals surface area contributed by atoms with Gasteiger partial charge in [0.15, 0.2) is 17.1 Å². The largest absolute Gasteiger partial charge is 0.504 e. The van der Waals surface area contributed by atoms with Crippen LogP contribution >= 0.6 is 11.3 Å². The monoisotopic (exact) mass is 330 g/mol. The van der Waals surface area contributed by atoms with Gasteiger partial charge in [-0.25, -0.2) is 0 Å². The number of hydrogen-bond acceptors (Lipinski definition) is 6. The number of carbonyl (C=O) groups excluding carboxylic acids is 1. The zero-order valence-electron chi connectivity index (χ0n) is 12.5. The molecule has 0 saturated heterocycles. The Bertz CT molecular complexity index is 874. The summed E-state index contributed by atoms with van der Waals surface area (Å²) in [7, 11) is 2.84. The molecule has 3 aromatic rings. The summed E-state index contributed by atoms with van der Waals surface area (Å²) in [6.07, 6.45) is 4.54. The van der Waals surface area contributed by atoms with Gasteiger partial charge in [-0.2, -0.15) is 0 Å². The van der Waals surface area contributed by atoms with E-state index in [2.05, 4.69) is 0 Å². The second-order valence-electron chi connectivity index (χ2n) is 4.67. The van der Waals surface area contributed by atoms with E-state index in [1.807, 2.05) is 17.5 Å². The average Bonchev–Trinajstić information content (AvgIpc) is 3.22. The van der Waals surface area contributed by atoms with Gasteiger partial charge >= 0.3 is 0 Å². The van der Waals surface area contributed by atoms with Crippen LogP contribution in [0.25, 0.3) is 17.0 Å². The van der Waals surface area contributed by atoms with Crippen LogP contribution in [-0.2, 0) is 0 Å². The van der Waals surface area contributed by atoms with Crippen molar-refractivity contribution in [1.29, 1.82) is 0 Å². The van der Waals surface area contributed by atoms with E-state index in [-0.39, 0.29) is 28.6 Å². The van der Waals surface area contributed by atoms with Crippen LogP contribution in [0.1, 0.15) is 15.2 Å². The number of ether oxygens (including phenoxy) is 2. The van der Waals surface area contributed by atoms with E-state index >= 15 is 0 Å². The van der Waals surface area contributed by atoms with Crippen LogP contribution in [0.2, 0.25) is 0 Å². The summed E-state index contributed by atoms with van der Waals surface area (Å²) in [4.78, 5) is 13.5. The first kappa shape index (κ1) is 15.2. The van der Waals surface area contributed by atoms with E-state index in [4.69, 9.17) is 13.9 Å². The van der Waals surface area contributed by atoms with E-state index in [9.17, 15) is 9.90 Å². The first-order valence-electron chi connectivity index (χ1n) is 6.77. The molecular formula is C17H14O5S. The van der Waals surface area contributed by atoms with Gasteiger partial charge in [0.25, 0.3) is 0 Å². The molecule has 0 aliphatic rings. The van der Waals surface area contributed by atoms with Crippen molar-refractivity contribution < 1.29 is 23.8 Å². The Balaban J connectivity index is 2.15. The van der Waals surface area contributed by atoms with Crippen molar-refractivity contribution >= 4 is 34.2 Å². The summed E-state index contributed by atoms with van der Waals surface area (Å²) in [5.74, 6) is -0.312. The minimum absolute atomic E-state index is 0.0473. The van der Waals surface area contributed by atoms with Gasteiger partial charge in [0.1, 0.15) is 11.3 Å². The van der Waals surface area contributed by atoms with Crippen LogP contribution in [0.5, 0.6) is 17.2 Å². The molecule has 6 heteroatoms. The Morgan fingerprint density at radius 1 is 1.26 bits per heavy atom. The minimum Gasteiger partial charge on any atom is -0.504 e. The van der Waals surface area contributed by atoms with E-state index in [1.165, 1.54) is 37.9 Å². The number of furan rings is 1. The van der Waals surface area contributed by atoms with Crippen LogP contribution in [0.4, 0.5) is 0 Å². The standard InChI is InChI=1S/C17H14O5S/c1-20-15-11-7-8-22-16(11)17(21-2)14(19)13(15)12(18)6-5-10-4-3-9-23-10/h3-9,19H,1-2H3/b6-5+. The van der Waals surface area contributed by atoms with Crippen molar-refractivity contribution in [3.63, 3.8) is 0 Å². The molecular weight excluding hydrogens is 316 g/mol. The first-order chi connectivity index (χ1) is 11.2. The molecule has 0 amide bonds. The van der Waals surface area contributed by atoms with Crippen molar-refractivity contribution in [2.45, 2.75) is 0 Å². The average molecular weight is 330 g/mol. The molecule has 0 unspecified atom stereocenters. The molecule has 3 rings (SSSR count). The van der Waals surface area contributed by atoms with Gasteiger partial charge in [0.2, 0.25) is 5.75 Å². The molecule has 2 heterocycles. The highest BCUT2D eigenvalue weighted by Gasteiger charge is 2.26. The highest BCUT2D eigenvalue weighted by molar-refractivity contribution is 7.10. The molecule has 5 nitrogen and oxygen atoms in total. The molecule has 0 spiro atoms. The van der Waals surface area contributed by atoms with Gasteiger partial charge < -0.3 is 19.0 Å². The number of methoxy groups -OCH3 is 2. The number of phenolic OH excluding ortho intramolecular Hbond substituents is 1. The fourth-order valence-corrected chi connectivity index (χ4v) is 3.00. The number of rotatable bonds is 5. The molecule has 0 atom stereocenters. The topological polar surface area (TPSA) is 68.9 Å². The highest BCUT2D eigenvalue weighted by Crippen LogP contribution is 2.45. The SMILES string of the molecule is COc1c(C(=O)/C=C/c2cccs2)c(O)c(OC)c2occc12. The molecule has 1 aromatic carbocycles. The quantitative estimate of drug-likeness (QED) is 0.563. The molecule has 0 saturated carbocycles. The van der Waals surface area contributed by atoms with Crippen LogP contribution in [0, 0.1) is 0 Å². The highest BCUT2D eigenvalue weighted by atomic mass is 32.1. The van der Waals surface area contributed by atoms with Crippen molar-refractivity contribution in [3.8, 4) is 17.2 Å². The predicted molar refractivity (Wildman–Crippen MR) is 88.7 cm³/mol. The summed E-state index contributed by atoms with van der Waals surface area (Å²) in [5, 5.41) is 12.9. The molecule has 0 radical (unpaired) electrons. The predicted octanol–water partition coefficient (Wildman–Crippen LogP) is 4.11. The molecule has 1 N–H and O–H groups in total. The molecule has 0 aliphatic heterocycles. The third kappa shape index (κ3) is 2.57. The van der Waals surface area contributed by atoms with E-state index in [0.29, 0.717) is 11.0 Å². The number of allylic oxidation sites excluding steroid dienone is 1. The van der Waals surface area contributed by atoms with Gasteiger partial charge in [-0.1, -0.05) is 6.07 Å². The van der Waals surface area contributed by atoms with Crippen molar-refractivity contribution in [3.05, 3.63) is 46.4 Å². The van der Waals surface area contributed by atoms with Crippen LogP contribution in [-0.4, -0.2) is 25.1 Å². The Morgan fingerprint density at radius 2 is 2.04 bits per heavy atom. The lowest BCUT2D eigenvalue weighted by molar-refractivity contribution is 0.104. The number of aromatic hydroxyl groups is 1. The first-order valence-corrected chi connectivity index (χ1v) is 7.65. The molecule has 0 fully saturated rings. The molecule has 118 valence electrons. The normalized spacial score (nSPS) is 11.2. The summed E-state index contributed by atoms with van der Waals surface area (Å²) in [6, 6.07) is 5.45. The maximum atomic E-state index is 12.6. The van der Waals surface area contributed by atoms with Gasteiger partial charge in [0.05, 0.1) is 25.9 Å². The van der Waals surface area contributed by atoms with Crippen molar-refractivity contribution in [2.75, 3.05) is 14.2 Å². The Labute approximate surface area is 136 Å². The van der Waals surface area contributed by atoms with E-state index in [1.54, 1.807) is 12.1 Å². The number of ketones is 1. The number of hydrogen-bond donors (Lipinski definition) is 1. The number of fused-ring (bicyclic) bond motifs is 1. The Hall–Kier alpha value is -2.73. The zero-order chi connectivity index (χ0) is 16.4. The van der Waals surface area contributed by atoms with Crippen molar-refractivity contribution in [1.82, 2.24) is 0 Å². The molecule has 23 heavy (non-hydrogen) atoms. The summed E-state index contributed by atoms with van der Waals surface area (Å²) in [5.41, 5.74) is 0.381. The summed E-state index contributed by atoms with van der Waals surface area (Å²) in [6.45, 7) is 0. The smallest absolute Gasteiger partial charge is 0.205 e. The second kappa shape index (κ2) is 6.18. The Morgan fingerprint density at radius 3 is 2.70 bits per heavy atom. The fraction of sp³-hybridized carbons (Fsp3) is 0.118. The van der Waals surface area contributed by atoms with E-state index in [0.717, 1.165) is 4.88 Å². The number of carbonyl (C=O) groups is 1. The lowest BCUT2D eigenvalue weighted by atomic mass is 10.0. The van der Waals surface area contributed by atoms with Crippen LogP contribution < -0.4 is 9.47 Å². The fourth-order valence-electron chi connectivity index (χ4n) is 2.38. The van der Waals surface area contributed by atoms with Gasteiger partial charge in [-0.05, 0) is 29.7 Å². The second-order valence-corrected chi connectivity index (χ2v) is 5.65. The van der Waals surface area contributed by atoms with Gasteiger partial charge in [-0.15, -0.1) is 11.3 Å². The molecule has 0 bridgehead atoms. The third-order valence-corrected chi connectivity index (χ3v) is 4.23. The lowest BCUT2D eigenvalue weighted by Crippen LogP contribution is -2.02. The van der Waals surface area contributed by atoms with Crippen molar-refractivity contribution in [2.24, 2.45) is 0 Å². The summed E-state index contributed by atoms with van der Waals surface area (Å²) < 4.78 is 15.8. The maximum Gasteiger partial charge on any atom is 0.205 e. The number of thiophene rings is 1. The molecule has 2 aromatic heterocycles. The lowest BCUT2D eigenvalue weighted by Gasteiger charge is -2.12. The Kier molecular flexibility index (Phi) is 4.08. The van der Waals surface area contributed by atoms with E-state index < -0.39 is 0 Å². The summed E-state index contributed by atoms with van der Waals surface area (Å²) >= 11 is 1.51. The van der Waals surface area contributed by atoms with Gasteiger partial charge in [-0.3, -0.25) is 4.79 Å². The number of phenols is 1.